The molecule has 0 aliphatic heterocycles. The molecular weight excluding hydrogens is 204 g/mol. The van der Waals surface area contributed by atoms with E-state index in [-0.39, 0.29) is 17.9 Å². The maximum atomic E-state index is 11.3. The predicted octanol–water partition coefficient (Wildman–Crippen LogP) is 0.898. The fraction of sp³-hybridized carbons (Fsp3) is 0.917. The van der Waals surface area contributed by atoms with Gasteiger partial charge in [-0.15, -0.1) is 0 Å². The Morgan fingerprint density at radius 3 is 2.31 bits per heavy atom. The first kappa shape index (κ1) is 15.4. The van der Waals surface area contributed by atoms with Crippen molar-refractivity contribution in [2.45, 2.75) is 52.7 Å². The molecule has 1 amide bonds. The maximum absolute atomic E-state index is 11.3. The van der Waals surface area contributed by atoms with Gasteiger partial charge < -0.3 is 15.7 Å². The van der Waals surface area contributed by atoms with E-state index < -0.39 is 5.60 Å². The highest BCUT2D eigenvalue weighted by Gasteiger charge is 2.23. The molecule has 0 aromatic carbocycles. The normalized spacial score (nSPS) is 15.2. The number of carbonyl (C=O) groups excluding carboxylic acids is 1. The number of hydrogen-bond acceptors (Lipinski definition) is 3. The minimum atomic E-state index is -0.714. The lowest BCUT2D eigenvalue weighted by Crippen LogP contribution is -2.43. The van der Waals surface area contributed by atoms with E-state index in [1.54, 1.807) is 6.92 Å². The summed E-state index contributed by atoms with van der Waals surface area (Å²) in [5.41, 5.74) is -0.714. The summed E-state index contributed by atoms with van der Waals surface area (Å²) < 4.78 is 0. The Morgan fingerprint density at radius 2 is 1.88 bits per heavy atom. The predicted molar refractivity (Wildman–Crippen MR) is 66.2 cm³/mol. The van der Waals surface area contributed by atoms with Crippen molar-refractivity contribution >= 4 is 5.91 Å². The van der Waals surface area contributed by atoms with Crippen LogP contribution in [0, 0.1) is 5.92 Å². The number of rotatable bonds is 7. The number of hydrogen-bond donors (Lipinski definition) is 3. The lowest BCUT2D eigenvalue weighted by Gasteiger charge is -2.27. The largest absolute Gasteiger partial charge is 0.389 e. The van der Waals surface area contributed by atoms with Gasteiger partial charge in [0.2, 0.25) is 5.91 Å². The molecule has 0 saturated carbocycles. The highest BCUT2D eigenvalue weighted by molar-refractivity contribution is 5.76. The van der Waals surface area contributed by atoms with Crippen LogP contribution in [0.4, 0.5) is 0 Å². The molecule has 0 aliphatic rings. The van der Waals surface area contributed by atoms with Crippen molar-refractivity contribution < 1.29 is 9.90 Å². The Bertz CT molecular complexity index is 213. The van der Waals surface area contributed by atoms with E-state index >= 15 is 0 Å². The van der Waals surface area contributed by atoms with Gasteiger partial charge in [-0.2, -0.15) is 0 Å². The minimum Gasteiger partial charge on any atom is -0.389 e. The van der Waals surface area contributed by atoms with Gasteiger partial charge in [0.15, 0.2) is 0 Å². The fourth-order valence-corrected chi connectivity index (χ4v) is 1.14. The molecule has 1 atom stereocenters. The molecule has 4 nitrogen and oxygen atoms in total. The van der Waals surface area contributed by atoms with Gasteiger partial charge in [0.1, 0.15) is 0 Å². The molecule has 0 heterocycles. The van der Waals surface area contributed by atoms with Gasteiger partial charge in [-0.05, 0) is 26.7 Å². The van der Waals surface area contributed by atoms with Gasteiger partial charge in [-0.25, -0.2) is 0 Å². The van der Waals surface area contributed by atoms with Crippen molar-refractivity contribution in [1.82, 2.24) is 10.6 Å². The van der Waals surface area contributed by atoms with Gasteiger partial charge in [-0.3, -0.25) is 4.79 Å². The molecule has 1 unspecified atom stereocenters. The molecule has 0 aromatic heterocycles. The van der Waals surface area contributed by atoms with Crippen LogP contribution in [0.15, 0.2) is 0 Å². The summed E-state index contributed by atoms with van der Waals surface area (Å²) in [5.74, 6) is 0.246. The van der Waals surface area contributed by atoms with Crippen LogP contribution in [0.5, 0.6) is 0 Å². The summed E-state index contributed by atoms with van der Waals surface area (Å²) in [5, 5.41) is 15.9. The van der Waals surface area contributed by atoms with Gasteiger partial charge in [-0.1, -0.05) is 13.8 Å². The van der Waals surface area contributed by atoms with Gasteiger partial charge in [0, 0.05) is 25.6 Å². The SMILES string of the molecule is CC(C)NC(=O)CCNCC(C)(O)C(C)C. The quantitative estimate of drug-likeness (QED) is 0.569. The molecule has 0 aromatic rings. The van der Waals surface area contributed by atoms with Crippen molar-refractivity contribution in [3.8, 4) is 0 Å². The second-order valence-corrected chi connectivity index (χ2v) is 5.16. The molecule has 0 rings (SSSR count). The molecule has 0 saturated heterocycles. The van der Waals surface area contributed by atoms with Crippen molar-refractivity contribution in [2.75, 3.05) is 13.1 Å². The van der Waals surface area contributed by atoms with Crippen LogP contribution in [-0.2, 0) is 4.79 Å². The van der Waals surface area contributed by atoms with Gasteiger partial charge in [0.05, 0.1) is 5.60 Å². The number of amides is 1. The summed E-state index contributed by atoms with van der Waals surface area (Å²) in [4.78, 5) is 11.3. The minimum absolute atomic E-state index is 0.0479. The highest BCUT2D eigenvalue weighted by Crippen LogP contribution is 2.14. The topological polar surface area (TPSA) is 61.4 Å². The van der Waals surface area contributed by atoms with Crippen LogP contribution >= 0.6 is 0 Å². The first-order valence-corrected chi connectivity index (χ1v) is 5.98. The van der Waals surface area contributed by atoms with E-state index in [4.69, 9.17) is 0 Å². The molecule has 0 aliphatic carbocycles. The summed E-state index contributed by atoms with van der Waals surface area (Å²) in [6.07, 6.45) is 0.451. The zero-order valence-corrected chi connectivity index (χ0v) is 11.1. The van der Waals surface area contributed by atoms with E-state index in [0.29, 0.717) is 19.5 Å². The maximum Gasteiger partial charge on any atom is 0.221 e. The van der Waals surface area contributed by atoms with Crippen molar-refractivity contribution in [3.63, 3.8) is 0 Å². The first-order valence-electron chi connectivity index (χ1n) is 5.98. The Labute approximate surface area is 98.8 Å². The van der Waals surface area contributed by atoms with Gasteiger partial charge >= 0.3 is 0 Å². The zero-order valence-electron chi connectivity index (χ0n) is 11.1. The molecule has 3 N–H and O–H groups in total. The van der Waals surface area contributed by atoms with Crippen LogP contribution in [0.2, 0.25) is 0 Å². The first-order chi connectivity index (χ1) is 7.25. The molecule has 96 valence electrons. The summed E-state index contributed by atoms with van der Waals surface area (Å²) in [7, 11) is 0. The van der Waals surface area contributed by atoms with E-state index in [2.05, 4.69) is 10.6 Å². The van der Waals surface area contributed by atoms with Crippen molar-refractivity contribution in [1.29, 1.82) is 0 Å². The highest BCUT2D eigenvalue weighted by atomic mass is 16.3. The van der Waals surface area contributed by atoms with E-state index in [1.165, 1.54) is 0 Å². The second kappa shape index (κ2) is 6.86. The Hall–Kier alpha value is -0.610. The van der Waals surface area contributed by atoms with Crippen molar-refractivity contribution in [3.05, 3.63) is 0 Å². The van der Waals surface area contributed by atoms with Crippen LogP contribution < -0.4 is 10.6 Å². The molecule has 0 fully saturated rings. The molecular formula is C12H26N2O2. The molecule has 0 radical (unpaired) electrons. The third-order valence-electron chi connectivity index (χ3n) is 2.71. The Morgan fingerprint density at radius 1 is 1.31 bits per heavy atom. The van der Waals surface area contributed by atoms with E-state index in [9.17, 15) is 9.90 Å². The smallest absolute Gasteiger partial charge is 0.221 e. The average Bonchev–Trinajstić information content (AvgIpc) is 2.11. The second-order valence-electron chi connectivity index (χ2n) is 5.16. The monoisotopic (exact) mass is 230 g/mol. The lowest BCUT2D eigenvalue weighted by atomic mass is 9.92. The van der Waals surface area contributed by atoms with Crippen LogP contribution in [0.1, 0.15) is 41.0 Å². The standard InChI is InChI=1S/C12H26N2O2/c1-9(2)12(5,16)8-13-7-6-11(15)14-10(3)4/h9-10,13,16H,6-8H2,1-5H3,(H,14,15). The van der Waals surface area contributed by atoms with Crippen LogP contribution in [0.25, 0.3) is 0 Å². The van der Waals surface area contributed by atoms with E-state index in [0.717, 1.165) is 0 Å². The van der Waals surface area contributed by atoms with E-state index in [1.807, 2.05) is 27.7 Å². The fourth-order valence-electron chi connectivity index (χ4n) is 1.14. The molecule has 0 bridgehead atoms. The zero-order chi connectivity index (χ0) is 12.8. The lowest BCUT2D eigenvalue weighted by molar-refractivity contribution is -0.121. The third-order valence-corrected chi connectivity index (χ3v) is 2.71. The summed E-state index contributed by atoms with van der Waals surface area (Å²) in [6, 6.07) is 0.186. The summed E-state index contributed by atoms with van der Waals surface area (Å²) in [6.45, 7) is 10.8. The van der Waals surface area contributed by atoms with Crippen LogP contribution in [-0.4, -0.2) is 35.7 Å². The van der Waals surface area contributed by atoms with Crippen molar-refractivity contribution in [2.24, 2.45) is 5.92 Å². The molecule has 4 heteroatoms. The number of nitrogens with one attached hydrogen (secondary N) is 2. The molecule has 16 heavy (non-hydrogen) atoms. The number of carbonyl (C=O) groups is 1. The summed E-state index contributed by atoms with van der Waals surface area (Å²) >= 11 is 0. The van der Waals surface area contributed by atoms with Crippen LogP contribution in [0.3, 0.4) is 0 Å². The number of aliphatic hydroxyl groups is 1. The molecule has 0 spiro atoms. The Balaban J connectivity index is 3.65. The third kappa shape index (κ3) is 6.80. The Kier molecular flexibility index (Phi) is 6.60. The van der Waals surface area contributed by atoms with Gasteiger partial charge in [0.25, 0.3) is 0 Å². The average molecular weight is 230 g/mol.